The molecule has 13 heteroatoms. The molecule has 3 heterocycles. The van der Waals surface area contributed by atoms with E-state index in [4.69, 9.17) is 29.9 Å². The summed E-state index contributed by atoms with van der Waals surface area (Å²) in [6.07, 6.45) is 2.95. The highest BCUT2D eigenvalue weighted by Crippen LogP contribution is 2.39. The van der Waals surface area contributed by atoms with E-state index in [0.717, 1.165) is 43.2 Å². The van der Waals surface area contributed by atoms with Crippen molar-refractivity contribution >= 4 is 17.9 Å². The number of likely N-dealkylation sites (tertiary alicyclic amines) is 1. The summed E-state index contributed by atoms with van der Waals surface area (Å²) in [5.74, 6) is -3.53. The second-order valence-electron chi connectivity index (χ2n) is 9.02. The molecule has 0 radical (unpaired) electrons. The minimum atomic E-state index is -2.74. The molecule has 1 fully saturated rings. The van der Waals surface area contributed by atoms with Gasteiger partial charge in [0.05, 0.1) is 30.5 Å². The number of piperidine rings is 1. The van der Waals surface area contributed by atoms with Gasteiger partial charge in [0.25, 0.3) is 0 Å². The summed E-state index contributed by atoms with van der Waals surface area (Å²) in [5, 5.41) is 44.9. The normalized spacial score (nSPS) is 16.5. The lowest BCUT2D eigenvalue weighted by atomic mass is 9.84. The van der Waals surface area contributed by atoms with E-state index in [-0.39, 0.29) is 6.79 Å². The molecule has 2 aliphatic heterocycles. The summed E-state index contributed by atoms with van der Waals surface area (Å²) in [7, 11) is 0. The minimum absolute atomic E-state index is 0.260. The van der Waals surface area contributed by atoms with Gasteiger partial charge in [0.15, 0.2) is 17.1 Å². The quantitative estimate of drug-likeness (QED) is 0.313. The number of fused-ring (bicyclic) bond motifs is 1. The molecule has 0 unspecified atom stereocenters. The van der Waals surface area contributed by atoms with Crippen LogP contribution in [0.5, 0.6) is 11.5 Å². The molecular weight excluding hydrogens is 490 g/mol. The molecule has 202 valence electrons. The zero-order valence-electron chi connectivity index (χ0n) is 20.4. The van der Waals surface area contributed by atoms with Gasteiger partial charge in [-0.25, -0.2) is 9.78 Å². The Morgan fingerprint density at radius 3 is 2.24 bits per heavy atom. The maximum atomic E-state index is 11.1. The lowest BCUT2D eigenvalue weighted by molar-refractivity contribution is -0.170. The van der Waals surface area contributed by atoms with Gasteiger partial charge in [-0.2, -0.15) is 0 Å². The van der Waals surface area contributed by atoms with E-state index in [1.165, 1.54) is 5.69 Å². The zero-order chi connectivity index (χ0) is 27.2. The van der Waals surface area contributed by atoms with Crippen LogP contribution < -0.4 is 9.47 Å². The molecule has 37 heavy (non-hydrogen) atoms. The van der Waals surface area contributed by atoms with Crippen LogP contribution >= 0.6 is 0 Å². The maximum absolute atomic E-state index is 11.1. The standard InChI is InChI=1S/C18H23N3O3.C6H8O7/c1-2-21-12-19-10-15(21)11-20-7-5-18(22,6-8-20)14-3-4-16-17(9-14)24-13-23-16;7-3(8)1-6(13,5(11)12)2-4(9)10/h3-4,9-10,12,22H,2,5-8,11,13H2,1H3;13H,1-2H2,(H,7,8)(H,9,10)(H,11,12). The van der Waals surface area contributed by atoms with Crippen molar-refractivity contribution in [2.24, 2.45) is 0 Å². The first-order valence-corrected chi connectivity index (χ1v) is 11.7. The highest BCUT2D eigenvalue weighted by atomic mass is 16.7. The Kier molecular flexibility index (Phi) is 8.73. The van der Waals surface area contributed by atoms with Crippen LogP contribution in [0.15, 0.2) is 30.7 Å². The van der Waals surface area contributed by atoms with Crippen molar-refractivity contribution in [3.63, 3.8) is 0 Å². The van der Waals surface area contributed by atoms with Crippen LogP contribution in [0.3, 0.4) is 0 Å². The average Bonchev–Trinajstić information content (AvgIpc) is 3.48. The number of carboxylic acids is 3. The fourth-order valence-corrected chi connectivity index (χ4v) is 4.26. The van der Waals surface area contributed by atoms with E-state index in [1.807, 2.05) is 30.7 Å². The Morgan fingerprint density at radius 1 is 1.05 bits per heavy atom. The maximum Gasteiger partial charge on any atom is 0.336 e. The highest BCUT2D eigenvalue weighted by Gasteiger charge is 2.41. The summed E-state index contributed by atoms with van der Waals surface area (Å²) >= 11 is 0. The summed E-state index contributed by atoms with van der Waals surface area (Å²) in [6.45, 7) is 5.92. The van der Waals surface area contributed by atoms with Crippen LogP contribution in [0.2, 0.25) is 0 Å². The van der Waals surface area contributed by atoms with E-state index >= 15 is 0 Å². The molecule has 0 amide bonds. The number of aryl methyl sites for hydroxylation is 1. The Hall–Kier alpha value is -3.68. The fraction of sp³-hybridized carbons (Fsp3) is 0.500. The predicted molar refractivity (Wildman–Crippen MR) is 126 cm³/mol. The van der Waals surface area contributed by atoms with Gasteiger partial charge in [0, 0.05) is 32.4 Å². The van der Waals surface area contributed by atoms with Crippen LogP contribution in [0, 0.1) is 0 Å². The molecule has 5 N–H and O–H groups in total. The topological polar surface area (TPSA) is 192 Å². The van der Waals surface area contributed by atoms with E-state index in [0.29, 0.717) is 12.8 Å². The molecule has 0 saturated carbocycles. The number of aliphatic carboxylic acids is 3. The molecule has 0 aliphatic carbocycles. The number of carboxylic acid groups (broad SMARTS) is 3. The molecule has 0 atom stereocenters. The van der Waals surface area contributed by atoms with Gasteiger partial charge in [-0.15, -0.1) is 0 Å². The van der Waals surface area contributed by atoms with Crippen LogP contribution in [0.4, 0.5) is 0 Å². The van der Waals surface area contributed by atoms with Gasteiger partial charge < -0.3 is 39.6 Å². The Morgan fingerprint density at radius 2 is 1.68 bits per heavy atom. The molecule has 1 aromatic carbocycles. The first kappa shape index (κ1) is 27.9. The molecule has 0 spiro atoms. The molecule has 1 saturated heterocycles. The minimum Gasteiger partial charge on any atom is -0.481 e. The van der Waals surface area contributed by atoms with E-state index in [1.54, 1.807) is 0 Å². The van der Waals surface area contributed by atoms with Gasteiger partial charge in [-0.1, -0.05) is 6.07 Å². The van der Waals surface area contributed by atoms with Crippen molar-refractivity contribution in [2.75, 3.05) is 19.9 Å². The van der Waals surface area contributed by atoms with Crippen molar-refractivity contribution in [1.82, 2.24) is 14.5 Å². The fourth-order valence-electron chi connectivity index (χ4n) is 4.26. The third kappa shape index (κ3) is 6.96. The van der Waals surface area contributed by atoms with Crippen molar-refractivity contribution in [3.05, 3.63) is 42.0 Å². The summed E-state index contributed by atoms with van der Waals surface area (Å²) in [4.78, 5) is 37.1. The molecule has 13 nitrogen and oxygen atoms in total. The monoisotopic (exact) mass is 521 g/mol. The SMILES string of the molecule is CCn1cncc1CN1CCC(O)(c2ccc3c(c2)OCO3)CC1.O=C(O)CC(O)(CC(=O)O)C(=O)O. The summed E-state index contributed by atoms with van der Waals surface area (Å²) in [5.41, 5.74) is -1.38. The zero-order valence-corrected chi connectivity index (χ0v) is 20.4. The van der Waals surface area contributed by atoms with Gasteiger partial charge in [0.2, 0.25) is 6.79 Å². The number of hydrogen-bond acceptors (Lipinski definition) is 9. The summed E-state index contributed by atoms with van der Waals surface area (Å²) in [6, 6.07) is 5.77. The number of hydrogen-bond donors (Lipinski definition) is 5. The number of rotatable bonds is 9. The summed E-state index contributed by atoms with van der Waals surface area (Å²) < 4.78 is 13.0. The van der Waals surface area contributed by atoms with Crippen LogP contribution in [0.25, 0.3) is 0 Å². The van der Waals surface area contributed by atoms with E-state index in [2.05, 4.69) is 21.4 Å². The van der Waals surface area contributed by atoms with Crippen LogP contribution in [0.1, 0.15) is 43.9 Å². The molecule has 4 rings (SSSR count). The van der Waals surface area contributed by atoms with Crippen molar-refractivity contribution in [2.45, 2.75) is 56.9 Å². The molecule has 2 aromatic rings. The van der Waals surface area contributed by atoms with Crippen molar-refractivity contribution < 1.29 is 49.4 Å². The first-order valence-electron chi connectivity index (χ1n) is 11.7. The van der Waals surface area contributed by atoms with E-state index < -0.39 is 42.0 Å². The predicted octanol–water partition coefficient (Wildman–Crippen LogP) is 0.867. The largest absolute Gasteiger partial charge is 0.481 e. The number of ether oxygens (including phenoxy) is 2. The third-order valence-electron chi connectivity index (χ3n) is 6.40. The van der Waals surface area contributed by atoms with Crippen LogP contribution in [-0.2, 0) is 33.1 Å². The third-order valence-corrected chi connectivity index (χ3v) is 6.40. The highest BCUT2D eigenvalue weighted by molar-refractivity contribution is 5.88. The lowest BCUT2D eigenvalue weighted by Gasteiger charge is -2.38. The molecule has 2 aliphatic rings. The smallest absolute Gasteiger partial charge is 0.336 e. The average molecular weight is 522 g/mol. The second kappa shape index (κ2) is 11.6. The van der Waals surface area contributed by atoms with Gasteiger partial charge in [-0.3, -0.25) is 14.5 Å². The van der Waals surface area contributed by atoms with Gasteiger partial charge in [-0.05, 0) is 37.5 Å². The van der Waals surface area contributed by atoms with Gasteiger partial charge >= 0.3 is 17.9 Å². The van der Waals surface area contributed by atoms with Crippen molar-refractivity contribution in [1.29, 1.82) is 0 Å². The Labute approximate surface area is 212 Å². The van der Waals surface area contributed by atoms with E-state index in [9.17, 15) is 19.5 Å². The molecular formula is C24H31N3O10. The number of benzene rings is 1. The van der Waals surface area contributed by atoms with Gasteiger partial charge in [0.1, 0.15) is 0 Å². The van der Waals surface area contributed by atoms with Crippen molar-refractivity contribution in [3.8, 4) is 11.5 Å². The Balaban J connectivity index is 0.000000251. The number of imidazole rings is 1. The molecule has 1 aromatic heterocycles. The number of carbonyl (C=O) groups is 3. The molecule has 0 bridgehead atoms. The second-order valence-corrected chi connectivity index (χ2v) is 9.02. The number of nitrogens with zero attached hydrogens (tertiary/aromatic N) is 3. The lowest BCUT2D eigenvalue weighted by Crippen LogP contribution is -2.42. The number of aliphatic hydroxyl groups is 2. The Bertz CT molecular complexity index is 1110. The van der Waals surface area contributed by atoms with Crippen LogP contribution in [-0.4, -0.2) is 83.4 Å². The first-order chi connectivity index (χ1) is 17.5. The number of aromatic nitrogens is 2.